The van der Waals surface area contributed by atoms with Gasteiger partial charge in [-0.15, -0.1) is 0 Å². The molecular formula is C18H20. The Morgan fingerprint density at radius 2 is 1.72 bits per heavy atom. The monoisotopic (exact) mass is 236 g/mol. The molecule has 2 aromatic rings. The van der Waals surface area contributed by atoms with Gasteiger partial charge in [-0.3, -0.25) is 0 Å². The summed E-state index contributed by atoms with van der Waals surface area (Å²) in [5, 5.41) is 0. The highest BCUT2D eigenvalue weighted by atomic mass is 14.1. The van der Waals surface area contributed by atoms with Crippen LogP contribution < -0.4 is 0 Å². The fraction of sp³-hybridized carbons (Fsp3) is 0.222. The van der Waals surface area contributed by atoms with E-state index < -0.39 is 0 Å². The van der Waals surface area contributed by atoms with Gasteiger partial charge in [-0.25, -0.2) is 0 Å². The van der Waals surface area contributed by atoms with Crippen molar-refractivity contribution in [1.82, 2.24) is 0 Å². The van der Waals surface area contributed by atoms with E-state index in [2.05, 4.69) is 75.4 Å². The van der Waals surface area contributed by atoms with Crippen LogP contribution in [0.3, 0.4) is 0 Å². The average Bonchev–Trinajstić information content (AvgIpc) is 2.36. The molecule has 0 aliphatic carbocycles. The van der Waals surface area contributed by atoms with E-state index in [0.29, 0.717) is 0 Å². The molecular weight excluding hydrogens is 216 g/mol. The number of rotatable bonds is 3. The molecule has 0 bridgehead atoms. The maximum absolute atomic E-state index is 2.29. The summed E-state index contributed by atoms with van der Waals surface area (Å²) < 4.78 is 0. The number of hydrogen-bond donors (Lipinski definition) is 0. The predicted molar refractivity (Wildman–Crippen MR) is 79.9 cm³/mol. The zero-order chi connectivity index (χ0) is 13.0. The molecule has 0 N–H and O–H groups in total. The standard InChI is InChI=1S/C18H20/c1-4-7-17-12-16(11-10-15(17)3)13-18-9-6-5-8-14(18)2/h4-12H,13H2,1-3H3/b7-4-. The molecule has 0 aliphatic rings. The second-order valence-corrected chi connectivity index (χ2v) is 4.79. The summed E-state index contributed by atoms with van der Waals surface area (Å²) in [6.07, 6.45) is 5.29. The molecule has 0 saturated carbocycles. The topological polar surface area (TPSA) is 0 Å². The molecule has 0 radical (unpaired) electrons. The number of aryl methyl sites for hydroxylation is 2. The highest BCUT2D eigenvalue weighted by molar-refractivity contribution is 5.54. The van der Waals surface area contributed by atoms with Crippen molar-refractivity contribution in [2.75, 3.05) is 0 Å². The van der Waals surface area contributed by atoms with Crippen LogP contribution in [0.4, 0.5) is 0 Å². The van der Waals surface area contributed by atoms with Crippen molar-refractivity contribution in [2.24, 2.45) is 0 Å². The largest absolute Gasteiger partial charge is 0.0871 e. The van der Waals surface area contributed by atoms with E-state index in [-0.39, 0.29) is 0 Å². The van der Waals surface area contributed by atoms with Gasteiger partial charge in [0.2, 0.25) is 0 Å². The third-order valence-corrected chi connectivity index (χ3v) is 3.35. The molecule has 92 valence electrons. The lowest BCUT2D eigenvalue weighted by molar-refractivity contribution is 1.15. The summed E-state index contributed by atoms with van der Waals surface area (Å²) in [4.78, 5) is 0. The predicted octanol–water partition coefficient (Wildman–Crippen LogP) is 4.93. The Bertz CT molecular complexity index is 562. The Kier molecular flexibility index (Phi) is 3.99. The lowest BCUT2D eigenvalue weighted by Crippen LogP contribution is -1.93. The highest BCUT2D eigenvalue weighted by Gasteiger charge is 2.01. The van der Waals surface area contributed by atoms with E-state index in [1.165, 1.54) is 27.8 Å². The second kappa shape index (κ2) is 5.68. The molecule has 2 rings (SSSR count). The second-order valence-electron chi connectivity index (χ2n) is 4.79. The van der Waals surface area contributed by atoms with Crippen molar-refractivity contribution < 1.29 is 0 Å². The first-order valence-corrected chi connectivity index (χ1v) is 6.47. The summed E-state index contributed by atoms with van der Waals surface area (Å²) in [5.74, 6) is 0. The third-order valence-electron chi connectivity index (χ3n) is 3.35. The quantitative estimate of drug-likeness (QED) is 0.709. The fourth-order valence-electron chi connectivity index (χ4n) is 2.19. The number of hydrogen-bond acceptors (Lipinski definition) is 0. The van der Waals surface area contributed by atoms with Gasteiger partial charge in [0.25, 0.3) is 0 Å². The summed E-state index contributed by atoms with van der Waals surface area (Å²) in [5.41, 5.74) is 6.81. The van der Waals surface area contributed by atoms with E-state index in [0.717, 1.165) is 6.42 Å². The van der Waals surface area contributed by atoms with Crippen LogP contribution in [0.25, 0.3) is 6.08 Å². The zero-order valence-corrected chi connectivity index (χ0v) is 11.4. The SMILES string of the molecule is C/C=C\c1cc(Cc2ccccc2C)ccc1C. The normalized spacial score (nSPS) is 11.1. The molecule has 0 fully saturated rings. The van der Waals surface area contributed by atoms with Gasteiger partial charge in [-0.2, -0.15) is 0 Å². The Morgan fingerprint density at radius 3 is 2.44 bits per heavy atom. The van der Waals surface area contributed by atoms with E-state index in [1.807, 2.05) is 0 Å². The molecule has 0 atom stereocenters. The van der Waals surface area contributed by atoms with Crippen LogP contribution in [0.15, 0.2) is 48.5 Å². The molecule has 0 nitrogen and oxygen atoms in total. The Hall–Kier alpha value is -1.82. The zero-order valence-electron chi connectivity index (χ0n) is 11.4. The summed E-state index contributed by atoms with van der Waals surface area (Å²) >= 11 is 0. The summed E-state index contributed by atoms with van der Waals surface area (Å²) in [7, 11) is 0. The van der Waals surface area contributed by atoms with Crippen LogP contribution in [0, 0.1) is 13.8 Å². The van der Waals surface area contributed by atoms with Crippen molar-refractivity contribution in [1.29, 1.82) is 0 Å². The maximum atomic E-state index is 2.29. The molecule has 0 heterocycles. The van der Waals surface area contributed by atoms with E-state index in [9.17, 15) is 0 Å². The maximum Gasteiger partial charge on any atom is -0.00229 e. The highest BCUT2D eigenvalue weighted by Crippen LogP contribution is 2.18. The molecule has 0 spiro atoms. The first-order chi connectivity index (χ1) is 8.70. The van der Waals surface area contributed by atoms with Crippen molar-refractivity contribution >= 4 is 6.08 Å². The fourth-order valence-corrected chi connectivity index (χ4v) is 2.19. The molecule has 0 saturated heterocycles. The van der Waals surface area contributed by atoms with Gasteiger partial charge >= 0.3 is 0 Å². The van der Waals surface area contributed by atoms with Crippen LogP contribution in [-0.2, 0) is 6.42 Å². The lowest BCUT2D eigenvalue weighted by atomic mass is 9.97. The molecule has 0 aliphatic heterocycles. The summed E-state index contributed by atoms with van der Waals surface area (Å²) in [6, 6.07) is 15.3. The molecule has 0 aromatic heterocycles. The first kappa shape index (κ1) is 12.6. The average molecular weight is 236 g/mol. The summed E-state index contributed by atoms with van der Waals surface area (Å²) in [6.45, 7) is 6.40. The number of allylic oxidation sites excluding steroid dienone is 1. The molecule has 0 amide bonds. The Balaban J connectivity index is 2.30. The van der Waals surface area contributed by atoms with Crippen LogP contribution in [0.2, 0.25) is 0 Å². The third kappa shape index (κ3) is 2.89. The van der Waals surface area contributed by atoms with Crippen LogP contribution in [0.5, 0.6) is 0 Å². The molecule has 18 heavy (non-hydrogen) atoms. The van der Waals surface area contributed by atoms with Crippen molar-refractivity contribution in [3.63, 3.8) is 0 Å². The minimum atomic E-state index is 1.01. The lowest BCUT2D eigenvalue weighted by Gasteiger charge is -2.08. The molecule has 0 unspecified atom stereocenters. The van der Waals surface area contributed by atoms with E-state index >= 15 is 0 Å². The minimum absolute atomic E-state index is 1.01. The van der Waals surface area contributed by atoms with Gasteiger partial charge in [0, 0.05) is 0 Å². The molecule has 2 aromatic carbocycles. The minimum Gasteiger partial charge on any atom is -0.0871 e. The van der Waals surface area contributed by atoms with Crippen LogP contribution in [-0.4, -0.2) is 0 Å². The van der Waals surface area contributed by atoms with Gasteiger partial charge < -0.3 is 0 Å². The van der Waals surface area contributed by atoms with Crippen molar-refractivity contribution in [2.45, 2.75) is 27.2 Å². The van der Waals surface area contributed by atoms with Gasteiger partial charge in [0.1, 0.15) is 0 Å². The molecule has 0 heteroatoms. The Morgan fingerprint density at radius 1 is 0.944 bits per heavy atom. The Labute approximate surface area is 110 Å². The number of benzene rings is 2. The van der Waals surface area contributed by atoms with E-state index in [1.54, 1.807) is 0 Å². The van der Waals surface area contributed by atoms with Gasteiger partial charge in [-0.1, -0.05) is 54.6 Å². The first-order valence-electron chi connectivity index (χ1n) is 6.47. The smallest absolute Gasteiger partial charge is 0.00229 e. The van der Waals surface area contributed by atoms with E-state index in [4.69, 9.17) is 0 Å². The van der Waals surface area contributed by atoms with Crippen LogP contribution in [0.1, 0.15) is 34.7 Å². The van der Waals surface area contributed by atoms with Gasteiger partial charge in [-0.05, 0) is 55.0 Å². The van der Waals surface area contributed by atoms with Gasteiger partial charge in [0.15, 0.2) is 0 Å². The van der Waals surface area contributed by atoms with Crippen molar-refractivity contribution in [3.8, 4) is 0 Å². The van der Waals surface area contributed by atoms with Crippen LogP contribution >= 0.6 is 0 Å². The van der Waals surface area contributed by atoms with Gasteiger partial charge in [0.05, 0.1) is 0 Å². The van der Waals surface area contributed by atoms with Crippen molar-refractivity contribution in [3.05, 3.63) is 76.4 Å².